The van der Waals surface area contributed by atoms with Gasteiger partial charge in [-0.15, -0.1) is 0 Å². The van der Waals surface area contributed by atoms with E-state index in [0.29, 0.717) is 25.8 Å². The molecule has 3 rings (SSSR count). The van der Waals surface area contributed by atoms with Gasteiger partial charge in [-0.3, -0.25) is 9.59 Å². The Morgan fingerprint density at radius 1 is 0.892 bits per heavy atom. The quantitative estimate of drug-likeness (QED) is 0.199. The molecule has 0 bridgehead atoms. The molecule has 11 heteroatoms. The van der Waals surface area contributed by atoms with E-state index in [0.717, 1.165) is 6.42 Å². The van der Waals surface area contributed by atoms with Crippen molar-refractivity contribution in [3.8, 4) is 5.75 Å². The highest BCUT2D eigenvalue weighted by Crippen LogP contribution is 2.42. The van der Waals surface area contributed by atoms with Crippen LogP contribution in [0.2, 0.25) is 0 Å². The highest BCUT2D eigenvalue weighted by atomic mass is 32.2. The zero-order chi connectivity index (χ0) is 26.9. The normalized spacial score (nSPS) is 12.8. The van der Waals surface area contributed by atoms with E-state index >= 15 is 0 Å². The van der Waals surface area contributed by atoms with Crippen molar-refractivity contribution in [2.24, 2.45) is 0 Å². The number of carbonyl (C=O) groups excluding carboxylic acids is 2. The summed E-state index contributed by atoms with van der Waals surface area (Å²) in [7, 11) is -6.78. The number of amides is 1. The second-order valence-corrected chi connectivity index (χ2v) is 11.8. The Balaban J connectivity index is 1.61. The lowest BCUT2D eigenvalue weighted by Gasteiger charge is -2.15. The zero-order valence-electron chi connectivity index (χ0n) is 20.2. The molecule has 3 aromatic rings. The number of esters is 1. The number of hydrogen-bond donors (Lipinski definition) is 2. The average molecular weight is 546 g/mol. The van der Waals surface area contributed by atoms with Gasteiger partial charge in [0.15, 0.2) is 0 Å². The number of rotatable bonds is 12. The van der Waals surface area contributed by atoms with Gasteiger partial charge in [-0.2, -0.15) is 0 Å². The van der Waals surface area contributed by atoms with Crippen LogP contribution in [-0.2, 0) is 23.9 Å². The molecular formula is C26H28NO8PS. The number of methoxy groups -OCH3 is 1. The summed E-state index contributed by atoms with van der Waals surface area (Å²) in [5.74, 6) is -0.686. The second kappa shape index (κ2) is 12.7. The summed E-state index contributed by atoms with van der Waals surface area (Å²) in [5, 5.41) is 2.66. The fourth-order valence-electron chi connectivity index (χ4n) is 3.41. The Hall–Kier alpha value is -3.46. The molecule has 0 aromatic heterocycles. The van der Waals surface area contributed by atoms with E-state index in [1.165, 1.54) is 67.8 Å². The number of carbonyl (C=O) groups is 2. The first-order chi connectivity index (χ1) is 17.6. The first-order valence-electron chi connectivity index (χ1n) is 11.5. The minimum atomic E-state index is -4.37. The van der Waals surface area contributed by atoms with Crippen LogP contribution in [0.25, 0.3) is 0 Å². The molecule has 9 nitrogen and oxygen atoms in total. The minimum absolute atomic E-state index is 0.000320. The molecule has 0 aliphatic heterocycles. The Labute approximate surface area is 215 Å². The monoisotopic (exact) mass is 545 g/mol. The van der Waals surface area contributed by atoms with E-state index in [4.69, 9.17) is 4.52 Å². The van der Waals surface area contributed by atoms with Crippen molar-refractivity contribution in [1.82, 2.24) is 5.32 Å². The molecule has 37 heavy (non-hydrogen) atoms. The van der Waals surface area contributed by atoms with Gasteiger partial charge in [0.1, 0.15) is 5.75 Å². The number of sulfone groups is 1. The fourth-order valence-corrected chi connectivity index (χ4v) is 5.78. The van der Waals surface area contributed by atoms with Crippen molar-refractivity contribution in [3.05, 3.63) is 84.4 Å². The van der Waals surface area contributed by atoms with Gasteiger partial charge in [-0.1, -0.05) is 30.7 Å². The smallest absolute Gasteiger partial charge is 0.408 e. The van der Waals surface area contributed by atoms with E-state index in [2.05, 4.69) is 10.1 Å². The Bertz CT molecular complexity index is 1380. The maximum atomic E-state index is 12.9. The lowest BCUT2D eigenvalue weighted by atomic mass is 10.2. The Morgan fingerprint density at radius 2 is 1.57 bits per heavy atom. The lowest BCUT2D eigenvalue weighted by Crippen LogP contribution is -2.25. The number of benzene rings is 3. The molecule has 0 saturated carbocycles. The van der Waals surface area contributed by atoms with Gasteiger partial charge in [0.05, 0.1) is 22.2 Å². The van der Waals surface area contributed by atoms with Gasteiger partial charge in [0, 0.05) is 18.5 Å². The van der Waals surface area contributed by atoms with E-state index in [1.807, 2.05) is 0 Å². The maximum absolute atomic E-state index is 12.9. The van der Waals surface area contributed by atoms with Crippen molar-refractivity contribution < 1.29 is 36.7 Å². The first-order valence-corrected chi connectivity index (χ1v) is 14.6. The molecule has 0 fully saturated rings. The molecule has 0 aliphatic rings. The summed E-state index contributed by atoms with van der Waals surface area (Å²) in [5.41, 5.74) is 0.189. The molecule has 0 spiro atoms. The Kier molecular flexibility index (Phi) is 9.63. The molecule has 1 amide bonds. The molecule has 196 valence electrons. The summed E-state index contributed by atoms with van der Waals surface area (Å²) >= 11 is 0. The Morgan fingerprint density at radius 3 is 2.24 bits per heavy atom. The molecular weight excluding hydrogens is 517 g/mol. The van der Waals surface area contributed by atoms with Crippen molar-refractivity contribution in [2.75, 3.05) is 13.7 Å². The maximum Gasteiger partial charge on any atom is 0.408 e. The van der Waals surface area contributed by atoms with Crippen LogP contribution in [0, 0.1) is 0 Å². The van der Waals surface area contributed by atoms with Crippen LogP contribution in [0.1, 0.15) is 36.0 Å². The van der Waals surface area contributed by atoms with E-state index in [-0.39, 0.29) is 32.4 Å². The van der Waals surface area contributed by atoms with E-state index < -0.39 is 23.3 Å². The predicted molar refractivity (Wildman–Crippen MR) is 138 cm³/mol. The molecule has 0 heterocycles. The van der Waals surface area contributed by atoms with Crippen LogP contribution < -0.4 is 15.1 Å². The molecule has 0 radical (unpaired) electrons. The third kappa shape index (κ3) is 7.76. The second-order valence-electron chi connectivity index (χ2n) is 8.09. The molecule has 1 atom stereocenters. The van der Waals surface area contributed by atoms with Gasteiger partial charge >= 0.3 is 13.6 Å². The minimum Gasteiger partial charge on any atom is -0.469 e. The van der Waals surface area contributed by atoms with Gasteiger partial charge in [0.2, 0.25) is 9.84 Å². The van der Waals surface area contributed by atoms with Crippen molar-refractivity contribution in [2.45, 2.75) is 35.5 Å². The van der Waals surface area contributed by atoms with Crippen LogP contribution in [-0.4, -0.2) is 38.8 Å². The van der Waals surface area contributed by atoms with Crippen LogP contribution in [0.3, 0.4) is 0 Å². The van der Waals surface area contributed by atoms with Crippen LogP contribution >= 0.6 is 7.60 Å². The van der Waals surface area contributed by atoms with Crippen molar-refractivity contribution in [3.63, 3.8) is 0 Å². The average Bonchev–Trinajstić information content (AvgIpc) is 2.91. The summed E-state index contributed by atoms with van der Waals surface area (Å²) in [6.45, 7) is 0.385. The number of nitrogens with one attached hydrogen (secondary N) is 1. The van der Waals surface area contributed by atoms with Crippen LogP contribution in [0.4, 0.5) is 0 Å². The summed E-state index contributed by atoms with van der Waals surface area (Å²) < 4.78 is 48.2. The van der Waals surface area contributed by atoms with Gasteiger partial charge < -0.3 is 19.5 Å². The summed E-state index contributed by atoms with van der Waals surface area (Å²) in [4.78, 5) is 34.3. The molecule has 0 aliphatic carbocycles. The van der Waals surface area contributed by atoms with Crippen LogP contribution in [0.5, 0.6) is 5.75 Å². The molecule has 2 N–H and O–H groups in total. The summed E-state index contributed by atoms with van der Waals surface area (Å²) in [6.07, 6.45) is 2.38. The fraction of sp³-hybridized carbons (Fsp3) is 0.231. The van der Waals surface area contributed by atoms with Gasteiger partial charge in [0.25, 0.3) is 5.91 Å². The highest BCUT2D eigenvalue weighted by Gasteiger charge is 2.26. The van der Waals surface area contributed by atoms with E-state index in [9.17, 15) is 27.5 Å². The molecule has 0 saturated heterocycles. The topological polar surface area (TPSA) is 136 Å². The third-order valence-electron chi connectivity index (χ3n) is 5.42. The number of unbranched alkanes of at least 4 members (excludes halogenated alkanes) is 2. The largest absolute Gasteiger partial charge is 0.469 e. The van der Waals surface area contributed by atoms with Crippen molar-refractivity contribution >= 4 is 34.6 Å². The standard InChI is InChI=1S/C26H28NO8PS/c1-34-25(28)13-6-3-7-18-27-26(29)20-9-8-10-22(19-20)36(30,31)35-21-14-16-24(17-15-21)37(32,33)23-11-4-2-5-12-23/h2,4-5,8-12,14-17,19H,3,6-7,13,18H2,1H3,(H,27,29)(H,30,31). The van der Waals surface area contributed by atoms with Gasteiger partial charge in [-0.25, -0.2) is 13.0 Å². The molecule has 1 unspecified atom stereocenters. The zero-order valence-corrected chi connectivity index (χ0v) is 21.9. The molecule has 3 aromatic carbocycles. The van der Waals surface area contributed by atoms with Gasteiger partial charge in [-0.05, 0) is 67.4 Å². The number of ether oxygens (including phenoxy) is 1. The van der Waals surface area contributed by atoms with Crippen molar-refractivity contribution in [1.29, 1.82) is 0 Å². The lowest BCUT2D eigenvalue weighted by molar-refractivity contribution is -0.140. The number of hydrogen-bond acceptors (Lipinski definition) is 7. The summed E-state index contributed by atoms with van der Waals surface area (Å²) in [6, 6.07) is 18.8. The predicted octanol–water partition coefficient (Wildman–Crippen LogP) is 3.87. The first kappa shape index (κ1) is 28.1. The van der Waals surface area contributed by atoms with E-state index in [1.54, 1.807) is 18.2 Å². The third-order valence-corrected chi connectivity index (χ3v) is 8.60. The highest BCUT2D eigenvalue weighted by molar-refractivity contribution is 7.91. The van der Waals surface area contributed by atoms with Crippen LogP contribution in [0.15, 0.2) is 88.7 Å². The SMILES string of the molecule is COC(=O)CCCCCNC(=O)c1cccc(P(=O)(O)Oc2ccc(S(=O)(=O)c3ccccc3)cc2)c1.